The molecule has 1 aromatic carbocycles. The second-order valence-electron chi connectivity index (χ2n) is 6.61. The van der Waals surface area contributed by atoms with E-state index in [2.05, 4.69) is 5.32 Å². The summed E-state index contributed by atoms with van der Waals surface area (Å²) in [7, 11) is -0.734. The molecule has 1 fully saturated rings. The maximum Gasteiger partial charge on any atom is 0.324 e. The number of rotatable bonds is 7. The number of likely N-dealkylation sites (N-methyl/N-ethyl adjacent to an activating group) is 1. The van der Waals surface area contributed by atoms with Gasteiger partial charge in [0.2, 0.25) is 15.9 Å². The molecule has 1 saturated heterocycles. The fraction of sp³-hybridized carbons (Fsp3) is 0.500. The number of carbonyl (C=O) groups is 3. The monoisotopic (exact) mass is 411 g/mol. The van der Waals surface area contributed by atoms with Gasteiger partial charge < -0.3 is 15.0 Å². The van der Waals surface area contributed by atoms with Crippen LogP contribution >= 0.6 is 0 Å². The van der Waals surface area contributed by atoms with Gasteiger partial charge in [0.25, 0.3) is 5.91 Å². The van der Waals surface area contributed by atoms with Crippen LogP contribution < -0.4 is 5.32 Å². The summed E-state index contributed by atoms with van der Waals surface area (Å²) in [6, 6.07) is 6.91. The molecule has 1 aliphatic rings. The van der Waals surface area contributed by atoms with Gasteiger partial charge in [-0.05, 0) is 31.4 Å². The van der Waals surface area contributed by atoms with Gasteiger partial charge in [0, 0.05) is 20.6 Å². The molecule has 9 nitrogen and oxygen atoms in total. The van der Waals surface area contributed by atoms with Crippen LogP contribution in [0.2, 0.25) is 0 Å². The summed E-state index contributed by atoms with van der Waals surface area (Å²) in [5.74, 6) is -1.70. The van der Waals surface area contributed by atoms with E-state index in [0.717, 1.165) is 4.31 Å². The standard InChI is InChI=1S/C18H25N3O6S/c1-20(2)17(23)12-19-16(22)13-27-18(24)15-10-6-7-11-21(15)28(25,26)14-8-4-3-5-9-14/h3-5,8-9,15H,6-7,10-13H2,1-2H3,(H,19,22)/t15-/m1/s1. The van der Waals surface area contributed by atoms with Gasteiger partial charge in [0.05, 0.1) is 11.4 Å². The van der Waals surface area contributed by atoms with Crippen LogP contribution in [0.25, 0.3) is 0 Å². The number of ether oxygens (including phenoxy) is 1. The van der Waals surface area contributed by atoms with Crippen LogP contribution in [0.15, 0.2) is 35.2 Å². The summed E-state index contributed by atoms with van der Waals surface area (Å²) >= 11 is 0. The number of hydrogen-bond acceptors (Lipinski definition) is 6. The smallest absolute Gasteiger partial charge is 0.324 e. The summed E-state index contributed by atoms with van der Waals surface area (Å²) in [5, 5.41) is 2.35. The molecule has 0 spiro atoms. The van der Waals surface area contributed by atoms with Gasteiger partial charge in [0.1, 0.15) is 6.04 Å². The van der Waals surface area contributed by atoms with E-state index in [1.54, 1.807) is 32.3 Å². The number of piperidine rings is 1. The number of sulfonamides is 1. The molecular weight excluding hydrogens is 386 g/mol. The highest BCUT2D eigenvalue weighted by molar-refractivity contribution is 7.89. The summed E-state index contributed by atoms with van der Waals surface area (Å²) in [5.41, 5.74) is 0. The van der Waals surface area contributed by atoms with Crippen molar-refractivity contribution in [1.82, 2.24) is 14.5 Å². The van der Waals surface area contributed by atoms with Crippen molar-refractivity contribution in [3.05, 3.63) is 30.3 Å². The van der Waals surface area contributed by atoms with Crippen LogP contribution in [0.1, 0.15) is 19.3 Å². The van der Waals surface area contributed by atoms with Gasteiger partial charge in [-0.25, -0.2) is 8.42 Å². The van der Waals surface area contributed by atoms with Crippen LogP contribution in [0.5, 0.6) is 0 Å². The largest absolute Gasteiger partial charge is 0.454 e. The first-order chi connectivity index (χ1) is 13.2. The minimum Gasteiger partial charge on any atom is -0.454 e. The Hall–Kier alpha value is -2.46. The van der Waals surface area contributed by atoms with Gasteiger partial charge in [-0.3, -0.25) is 14.4 Å². The molecule has 2 amide bonds. The third-order valence-corrected chi connectivity index (χ3v) is 6.28. The molecule has 1 heterocycles. The van der Waals surface area contributed by atoms with Crippen LogP contribution in [0.4, 0.5) is 0 Å². The second-order valence-corrected chi connectivity index (χ2v) is 8.50. The average Bonchev–Trinajstić information content (AvgIpc) is 2.70. The first-order valence-corrected chi connectivity index (χ1v) is 10.4. The molecular formula is C18H25N3O6S. The van der Waals surface area contributed by atoms with E-state index < -0.39 is 34.5 Å². The van der Waals surface area contributed by atoms with Crippen molar-refractivity contribution in [2.45, 2.75) is 30.2 Å². The third kappa shape index (κ3) is 5.52. The second kappa shape index (κ2) is 9.65. The van der Waals surface area contributed by atoms with E-state index in [0.29, 0.717) is 19.3 Å². The molecule has 1 N–H and O–H groups in total. The molecule has 2 rings (SSSR count). The highest BCUT2D eigenvalue weighted by atomic mass is 32.2. The van der Waals surface area contributed by atoms with Gasteiger partial charge in [-0.2, -0.15) is 4.31 Å². The highest BCUT2D eigenvalue weighted by Crippen LogP contribution is 2.26. The zero-order chi connectivity index (χ0) is 20.7. The fourth-order valence-electron chi connectivity index (χ4n) is 2.77. The predicted molar refractivity (Wildman–Crippen MR) is 101 cm³/mol. The minimum absolute atomic E-state index is 0.106. The summed E-state index contributed by atoms with van der Waals surface area (Å²) in [6.07, 6.45) is 1.65. The lowest BCUT2D eigenvalue weighted by molar-refractivity contribution is -0.153. The molecule has 1 aromatic rings. The number of esters is 1. The molecule has 0 aliphatic carbocycles. The molecule has 0 radical (unpaired) electrons. The van der Waals surface area contributed by atoms with Crippen molar-refractivity contribution in [3.63, 3.8) is 0 Å². The van der Waals surface area contributed by atoms with E-state index in [4.69, 9.17) is 4.74 Å². The summed E-state index contributed by atoms with van der Waals surface area (Å²) < 4.78 is 31.9. The Kier molecular flexibility index (Phi) is 7.53. The Balaban J connectivity index is 1.99. The lowest BCUT2D eigenvalue weighted by Gasteiger charge is -2.32. The van der Waals surface area contributed by atoms with Crippen LogP contribution in [0.3, 0.4) is 0 Å². The van der Waals surface area contributed by atoms with Gasteiger partial charge in [0.15, 0.2) is 6.61 Å². The Bertz CT molecular complexity index is 810. The van der Waals surface area contributed by atoms with Crippen molar-refractivity contribution in [2.75, 3.05) is 33.8 Å². The number of carbonyl (C=O) groups excluding carboxylic acids is 3. The number of nitrogens with zero attached hydrogens (tertiary/aromatic N) is 2. The lowest BCUT2D eigenvalue weighted by atomic mass is 10.1. The Morgan fingerprint density at radius 3 is 2.50 bits per heavy atom. The SMILES string of the molecule is CN(C)C(=O)CNC(=O)COC(=O)[C@H]1CCCCN1S(=O)(=O)c1ccccc1. The quantitative estimate of drug-likeness (QED) is 0.631. The van der Waals surface area contributed by atoms with E-state index in [1.165, 1.54) is 17.0 Å². The van der Waals surface area contributed by atoms with Gasteiger partial charge >= 0.3 is 5.97 Å². The molecule has 0 aromatic heterocycles. The summed E-state index contributed by atoms with van der Waals surface area (Å²) in [4.78, 5) is 37.1. The third-order valence-electron chi connectivity index (χ3n) is 4.36. The van der Waals surface area contributed by atoms with Crippen molar-refractivity contribution >= 4 is 27.8 Å². The minimum atomic E-state index is -3.84. The molecule has 0 bridgehead atoms. The van der Waals surface area contributed by atoms with Crippen LogP contribution in [-0.4, -0.2) is 75.2 Å². The maximum absolute atomic E-state index is 12.9. The normalized spacial score (nSPS) is 17.6. The van der Waals surface area contributed by atoms with E-state index in [-0.39, 0.29) is 23.9 Å². The van der Waals surface area contributed by atoms with Gasteiger partial charge in [-0.15, -0.1) is 0 Å². The summed E-state index contributed by atoms with van der Waals surface area (Å²) in [6.45, 7) is -0.572. The van der Waals surface area contributed by atoms with E-state index in [9.17, 15) is 22.8 Å². The molecule has 1 aliphatic heterocycles. The Morgan fingerprint density at radius 1 is 1.18 bits per heavy atom. The lowest BCUT2D eigenvalue weighted by Crippen LogP contribution is -2.49. The van der Waals surface area contributed by atoms with E-state index >= 15 is 0 Å². The predicted octanol–water partition coefficient (Wildman–Crippen LogP) is -0.0226. The average molecular weight is 411 g/mol. The molecule has 0 unspecified atom stereocenters. The topological polar surface area (TPSA) is 113 Å². The zero-order valence-electron chi connectivity index (χ0n) is 16.0. The number of amides is 2. The molecule has 154 valence electrons. The highest BCUT2D eigenvalue weighted by Gasteiger charge is 2.38. The van der Waals surface area contributed by atoms with Crippen molar-refractivity contribution < 1.29 is 27.5 Å². The van der Waals surface area contributed by atoms with E-state index in [1.807, 2.05) is 0 Å². The van der Waals surface area contributed by atoms with Crippen LogP contribution in [0, 0.1) is 0 Å². The zero-order valence-corrected chi connectivity index (χ0v) is 16.8. The van der Waals surface area contributed by atoms with Gasteiger partial charge in [-0.1, -0.05) is 18.2 Å². The molecule has 1 atom stereocenters. The molecule has 10 heteroatoms. The molecule has 0 saturated carbocycles. The fourth-order valence-corrected chi connectivity index (χ4v) is 4.44. The Morgan fingerprint density at radius 2 is 1.86 bits per heavy atom. The first kappa shape index (κ1) is 21.8. The first-order valence-electron chi connectivity index (χ1n) is 8.94. The Labute approximate surface area is 164 Å². The molecule has 28 heavy (non-hydrogen) atoms. The number of benzene rings is 1. The number of hydrogen-bond donors (Lipinski definition) is 1. The van der Waals surface area contributed by atoms with Crippen molar-refractivity contribution in [1.29, 1.82) is 0 Å². The number of nitrogens with one attached hydrogen (secondary N) is 1. The maximum atomic E-state index is 12.9. The van der Waals surface area contributed by atoms with Crippen molar-refractivity contribution in [3.8, 4) is 0 Å². The van der Waals surface area contributed by atoms with Crippen molar-refractivity contribution in [2.24, 2.45) is 0 Å². The van der Waals surface area contributed by atoms with Crippen LogP contribution in [-0.2, 0) is 29.1 Å².